The summed E-state index contributed by atoms with van der Waals surface area (Å²) in [6, 6.07) is 14.0. The maximum absolute atomic E-state index is 12.1. The number of nitrogens with one attached hydrogen (secondary N) is 3. The van der Waals surface area contributed by atoms with Crippen molar-refractivity contribution >= 4 is 29.6 Å². The SMILES string of the molecule is CCOc1cc(/C=N\NC(=O)C(=O)NCCCOC(C)C)ccc1OCC(=O)Nc1ccccc1. The lowest BCUT2D eigenvalue weighted by molar-refractivity contribution is -0.139. The molecule has 0 saturated carbocycles. The number of rotatable bonds is 13. The highest BCUT2D eigenvalue weighted by molar-refractivity contribution is 6.35. The molecule has 10 nitrogen and oxygen atoms in total. The lowest BCUT2D eigenvalue weighted by Crippen LogP contribution is -2.38. The number of carbonyl (C=O) groups excluding carboxylic acids is 3. The van der Waals surface area contributed by atoms with Crippen LogP contribution in [0.25, 0.3) is 0 Å². The van der Waals surface area contributed by atoms with Crippen molar-refractivity contribution in [2.24, 2.45) is 5.10 Å². The average molecular weight is 485 g/mol. The standard InChI is InChI=1S/C25H32N4O6/c1-4-33-22-15-19(16-27-29-25(32)24(31)26-13-8-14-34-18(2)3)11-12-21(22)35-17-23(30)28-20-9-6-5-7-10-20/h5-7,9-12,15-16,18H,4,8,13-14,17H2,1-3H3,(H,26,31)(H,28,30)(H,29,32)/b27-16-. The molecule has 0 atom stereocenters. The van der Waals surface area contributed by atoms with Crippen LogP contribution in [0, 0.1) is 0 Å². The third kappa shape index (κ3) is 10.7. The van der Waals surface area contributed by atoms with Gasteiger partial charge in [0.05, 0.1) is 18.9 Å². The molecule has 0 heterocycles. The first-order valence-corrected chi connectivity index (χ1v) is 11.4. The van der Waals surface area contributed by atoms with Crippen molar-refractivity contribution < 1.29 is 28.6 Å². The smallest absolute Gasteiger partial charge is 0.329 e. The van der Waals surface area contributed by atoms with Gasteiger partial charge >= 0.3 is 11.8 Å². The van der Waals surface area contributed by atoms with Crippen LogP contribution in [0.2, 0.25) is 0 Å². The summed E-state index contributed by atoms with van der Waals surface area (Å²) in [5.74, 6) is -1.16. The number of hydrogen-bond acceptors (Lipinski definition) is 7. The molecule has 0 unspecified atom stereocenters. The van der Waals surface area contributed by atoms with Crippen LogP contribution >= 0.6 is 0 Å². The van der Waals surface area contributed by atoms with Crippen LogP contribution in [0.15, 0.2) is 53.6 Å². The zero-order valence-corrected chi connectivity index (χ0v) is 20.2. The Bertz CT molecular complexity index is 995. The summed E-state index contributed by atoms with van der Waals surface area (Å²) in [4.78, 5) is 35.8. The molecule has 0 bridgehead atoms. The summed E-state index contributed by atoms with van der Waals surface area (Å²) in [5, 5.41) is 9.05. The Kier molecular flexibility index (Phi) is 11.8. The summed E-state index contributed by atoms with van der Waals surface area (Å²) in [6.07, 6.45) is 2.09. The Morgan fingerprint density at radius 2 is 1.77 bits per heavy atom. The fraction of sp³-hybridized carbons (Fsp3) is 0.360. The summed E-state index contributed by atoms with van der Waals surface area (Å²) in [7, 11) is 0. The van der Waals surface area contributed by atoms with E-state index in [4.69, 9.17) is 14.2 Å². The topological polar surface area (TPSA) is 127 Å². The lowest BCUT2D eigenvalue weighted by atomic mass is 10.2. The van der Waals surface area contributed by atoms with Gasteiger partial charge in [-0.3, -0.25) is 14.4 Å². The molecule has 188 valence electrons. The van der Waals surface area contributed by atoms with E-state index in [9.17, 15) is 14.4 Å². The van der Waals surface area contributed by atoms with Crippen LogP contribution in [-0.4, -0.2) is 56.4 Å². The number of ether oxygens (including phenoxy) is 3. The van der Waals surface area contributed by atoms with Gasteiger partial charge in [0, 0.05) is 18.8 Å². The first-order chi connectivity index (χ1) is 16.9. The Morgan fingerprint density at radius 1 is 1.00 bits per heavy atom. The fourth-order valence-electron chi connectivity index (χ4n) is 2.74. The molecule has 35 heavy (non-hydrogen) atoms. The molecule has 0 aliphatic carbocycles. The van der Waals surface area contributed by atoms with Crippen LogP contribution in [0.1, 0.15) is 32.8 Å². The van der Waals surface area contributed by atoms with Crippen LogP contribution in [-0.2, 0) is 19.1 Å². The van der Waals surface area contributed by atoms with Crippen LogP contribution in [0.3, 0.4) is 0 Å². The van der Waals surface area contributed by atoms with Gasteiger partial charge in [0.15, 0.2) is 18.1 Å². The predicted octanol–water partition coefficient (Wildman–Crippen LogP) is 2.48. The number of para-hydroxylation sites is 1. The molecular formula is C25H32N4O6. The van der Waals surface area contributed by atoms with Gasteiger partial charge in [-0.1, -0.05) is 18.2 Å². The minimum Gasteiger partial charge on any atom is -0.490 e. The third-order valence-electron chi connectivity index (χ3n) is 4.33. The van der Waals surface area contributed by atoms with E-state index >= 15 is 0 Å². The van der Waals surface area contributed by atoms with Gasteiger partial charge in [-0.15, -0.1) is 0 Å². The molecule has 0 saturated heterocycles. The van der Waals surface area contributed by atoms with Gasteiger partial charge in [0.1, 0.15) is 0 Å². The molecular weight excluding hydrogens is 452 g/mol. The number of anilines is 1. The van der Waals surface area contributed by atoms with Crippen LogP contribution in [0.4, 0.5) is 5.69 Å². The van der Waals surface area contributed by atoms with Crippen LogP contribution in [0.5, 0.6) is 11.5 Å². The minimum absolute atomic E-state index is 0.117. The number of hydrogen-bond donors (Lipinski definition) is 3. The predicted molar refractivity (Wildman–Crippen MR) is 133 cm³/mol. The quantitative estimate of drug-likeness (QED) is 0.174. The highest BCUT2D eigenvalue weighted by Crippen LogP contribution is 2.28. The van der Waals surface area contributed by atoms with Crippen molar-refractivity contribution in [2.45, 2.75) is 33.3 Å². The zero-order chi connectivity index (χ0) is 25.5. The monoisotopic (exact) mass is 484 g/mol. The van der Waals surface area contributed by atoms with Gasteiger partial charge < -0.3 is 24.8 Å². The highest BCUT2D eigenvalue weighted by Gasteiger charge is 2.12. The van der Waals surface area contributed by atoms with Crippen molar-refractivity contribution in [3.8, 4) is 11.5 Å². The number of carbonyl (C=O) groups is 3. The van der Waals surface area contributed by atoms with Crippen LogP contribution < -0.4 is 25.5 Å². The average Bonchev–Trinajstić information content (AvgIpc) is 2.83. The van der Waals surface area contributed by atoms with E-state index in [2.05, 4.69) is 21.2 Å². The Balaban J connectivity index is 1.84. The highest BCUT2D eigenvalue weighted by atomic mass is 16.5. The second kappa shape index (κ2) is 15.1. The van der Waals surface area contributed by atoms with E-state index in [1.165, 1.54) is 6.21 Å². The molecule has 10 heteroatoms. The number of amides is 3. The Labute approximate surface area is 205 Å². The maximum atomic E-state index is 12.1. The second-order valence-electron chi connectivity index (χ2n) is 7.57. The Hall–Kier alpha value is -3.92. The van der Waals surface area contributed by atoms with E-state index in [0.717, 1.165) is 0 Å². The Morgan fingerprint density at radius 3 is 2.49 bits per heavy atom. The van der Waals surface area contributed by atoms with E-state index in [1.54, 1.807) is 30.3 Å². The lowest BCUT2D eigenvalue weighted by Gasteiger charge is -2.12. The van der Waals surface area contributed by atoms with Crippen molar-refractivity contribution in [3.63, 3.8) is 0 Å². The molecule has 2 aromatic carbocycles. The first kappa shape index (κ1) is 27.3. The minimum atomic E-state index is -0.875. The van der Waals surface area contributed by atoms with E-state index < -0.39 is 11.8 Å². The fourth-order valence-corrected chi connectivity index (χ4v) is 2.74. The molecule has 2 rings (SSSR count). The maximum Gasteiger partial charge on any atom is 0.329 e. The molecule has 3 amide bonds. The molecule has 0 aliphatic rings. The molecule has 0 radical (unpaired) electrons. The summed E-state index contributed by atoms with van der Waals surface area (Å²) >= 11 is 0. The second-order valence-corrected chi connectivity index (χ2v) is 7.57. The van der Waals surface area contributed by atoms with Gasteiger partial charge in [-0.05, 0) is 63.1 Å². The third-order valence-corrected chi connectivity index (χ3v) is 4.33. The van der Waals surface area contributed by atoms with E-state index in [0.29, 0.717) is 48.9 Å². The summed E-state index contributed by atoms with van der Waals surface area (Å²) < 4.78 is 16.6. The summed E-state index contributed by atoms with van der Waals surface area (Å²) in [6.45, 7) is 6.67. The van der Waals surface area contributed by atoms with Gasteiger partial charge in [-0.25, -0.2) is 5.43 Å². The van der Waals surface area contributed by atoms with E-state index in [1.807, 2.05) is 39.0 Å². The largest absolute Gasteiger partial charge is 0.490 e. The van der Waals surface area contributed by atoms with E-state index in [-0.39, 0.29) is 18.6 Å². The number of benzene rings is 2. The summed E-state index contributed by atoms with van der Waals surface area (Å²) in [5.41, 5.74) is 3.45. The molecule has 0 aromatic heterocycles. The van der Waals surface area contributed by atoms with Crippen molar-refractivity contribution in [1.29, 1.82) is 0 Å². The van der Waals surface area contributed by atoms with Crippen molar-refractivity contribution in [1.82, 2.24) is 10.7 Å². The normalized spacial score (nSPS) is 10.7. The number of hydrazone groups is 1. The molecule has 3 N–H and O–H groups in total. The van der Waals surface area contributed by atoms with Gasteiger partial charge in [0.25, 0.3) is 5.91 Å². The van der Waals surface area contributed by atoms with Crippen molar-refractivity contribution in [3.05, 3.63) is 54.1 Å². The molecule has 0 spiro atoms. The number of nitrogens with zero attached hydrogens (tertiary/aromatic N) is 1. The molecule has 0 aliphatic heterocycles. The van der Waals surface area contributed by atoms with Gasteiger partial charge in [-0.2, -0.15) is 5.10 Å². The zero-order valence-electron chi connectivity index (χ0n) is 20.2. The first-order valence-electron chi connectivity index (χ1n) is 11.4. The molecule has 2 aromatic rings. The van der Waals surface area contributed by atoms with Crippen molar-refractivity contribution in [2.75, 3.05) is 31.7 Å². The molecule has 0 fully saturated rings. The van der Waals surface area contributed by atoms with Gasteiger partial charge in [0.2, 0.25) is 0 Å².